The Morgan fingerprint density at radius 3 is 1.58 bits per heavy atom. The monoisotopic (exact) mass is 380 g/mol. The third kappa shape index (κ3) is 21.8. The Bertz CT molecular complexity index is 254. The lowest BCUT2D eigenvalue weighted by Gasteiger charge is -2.11. The molecular formula is C19H40O7. The Morgan fingerprint density at radius 2 is 1.08 bits per heavy atom. The fraction of sp³-hybridized carbons (Fsp3) is 1.00. The van der Waals surface area contributed by atoms with Crippen molar-refractivity contribution in [2.75, 3.05) is 72.7 Å². The minimum Gasteiger partial charge on any atom is -0.394 e. The van der Waals surface area contributed by atoms with Gasteiger partial charge in [-0.15, -0.1) is 0 Å². The minimum atomic E-state index is -0.367. The molecule has 0 saturated heterocycles. The van der Waals surface area contributed by atoms with Crippen molar-refractivity contribution in [3.63, 3.8) is 0 Å². The van der Waals surface area contributed by atoms with E-state index in [2.05, 4.69) is 6.92 Å². The Hall–Kier alpha value is -0.280. The molecule has 0 aliphatic heterocycles. The van der Waals surface area contributed by atoms with Crippen LogP contribution >= 0.6 is 0 Å². The van der Waals surface area contributed by atoms with Crippen molar-refractivity contribution in [3.05, 3.63) is 0 Å². The molecule has 0 spiro atoms. The molecule has 1 atom stereocenters. The maximum atomic E-state index is 9.79. The molecule has 0 aromatic carbocycles. The summed E-state index contributed by atoms with van der Waals surface area (Å²) in [5.41, 5.74) is 0. The molecule has 7 heteroatoms. The molecule has 0 fully saturated rings. The van der Waals surface area contributed by atoms with E-state index in [1.54, 1.807) is 0 Å². The Morgan fingerprint density at radius 1 is 0.615 bits per heavy atom. The summed E-state index contributed by atoms with van der Waals surface area (Å²) in [6.45, 7) is 7.01. The average Bonchev–Trinajstić information content (AvgIpc) is 2.64. The lowest BCUT2D eigenvalue weighted by Crippen LogP contribution is -2.18. The van der Waals surface area contributed by atoms with Crippen molar-refractivity contribution in [1.82, 2.24) is 0 Å². The summed E-state index contributed by atoms with van der Waals surface area (Å²) in [7, 11) is 0. The third-order valence-electron chi connectivity index (χ3n) is 3.67. The zero-order valence-electron chi connectivity index (χ0n) is 16.5. The van der Waals surface area contributed by atoms with Crippen molar-refractivity contribution in [2.45, 2.75) is 51.6 Å². The van der Waals surface area contributed by atoms with Crippen molar-refractivity contribution < 1.29 is 33.9 Å². The Balaban J connectivity index is 3.08. The summed E-state index contributed by atoms with van der Waals surface area (Å²) >= 11 is 0. The quantitative estimate of drug-likeness (QED) is 0.277. The van der Waals surface area contributed by atoms with Crippen LogP contribution in [0.2, 0.25) is 0 Å². The second kappa shape index (κ2) is 22.8. The van der Waals surface area contributed by atoms with Crippen LogP contribution in [0.25, 0.3) is 0 Å². The van der Waals surface area contributed by atoms with E-state index in [9.17, 15) is 5.11 Å². The highest BCUT2D eigenvalue weighted by molar-refractivity contribution is 4.54. The number of hydrogen-bond acceptors (Lipinski definition) is 7. The number of rotatable bonds is 22. The van der Waals surface area contributed by atoms with E-state index in [1.165, 1.54) is 25.7 Å². The Labute approximate surface area is 158 Å². The molecule has 26 heavy (non-hydrogen) atoms. The molecule has 0 rings (SSSR count). The fourth-order valence-corrected chi connectivity index (χ4v) is 2.23. The molecule has 0 heterocycles. The van der Waals surface area contributed by atoms with Crippen LogP contribution in [0, 0.1) is 0 Å². The topological polar surface area (TPSA) is 86.6 Å². The van der Waals surface area contributed by atoms with Crippen LogP contribution in [0.4, 0.5) is 0 Å². The highest BCUT2D eigenvalue weighted by atomic mass is 16.6. The van der Waals surface area contributed by atoms with Crippen LogP contribution in [-0.2, 0) is 23.7 Å². The first-order valence-corrected chi connectivity index (χ1v) is 9.98. The molecule has 0 aliphatic carbocycles. The van der Waals surface area contributed by atoms with E-state index < -0.39 is 0 Å². The predicted molar refractivity (Wildman–Crippen MR) is 101 cm³/mol. The van der Waals surface area contributed by atoms with Crippen molar-refractivity contribution in [3.8, 4) is 0 Å². The average molecular weight is 381 g/mol. The number of aliphatic hydroxyl groups excluding tert-OH is 2. The van der Waals surface area contributed by atoms with Gasteiger partial charge in [0, 0.05) is 0 Å². The number of ether oxygens (including phenoxy) is 5. The highest BCUT2D eigenvalue weighted by Gasteiger charge is 2.03. The molecule has 1 unspecified atom stereocenters. The van der Waals surface area contributed by atoms with Gasteiger partial charge in [0.15, 0.2) is 0 Å². The standard InChI is InChI=1S/C19H40O7/c1-2-3-4-5-6-7-19(21)18-26-17-16-25-15-14-24-13-12-23-11-10-22-9-8-20/h19-21H,2-18H2,1H3. The van der Waals surface area contributed by atoms with Crippen LogP contribution in [0.5, 0.6) is 0 Å². The van der Waals surface area contributed by atoms with E-state index in [1.807, 2.05) is 0 Å². The number of unbranched alkanes of at least 4 members (excludes halogenated alkanes) is 4. The van der Waals surface area contributed by atoms with Crippen LogP contribution in [0.15, 0.2) is 0 Å². The van der Waals surface area contributed by atoms with E-state index in [0.29, 0.717) is 66.1 Å². The Kier molecular flexibility index (Phi) is 22.5. The zero-order chi connectivity index (χ0) is 19.1. The molecule has 0 amide bonds. The van der Waals surface area contributed by atoms with Gasteiger partial charge in [-0.2, -0.15) is 0 Å². The molecule has 7 nitrogen and oxygen atoms in total. The van der Waals surface area contributed by atoms with Gasteiger partial charge >= 0.3 is 0 Å². The normalized spacial score (nSPS) is 12.6. The largest absolute Gasteiger partial charge is 0.394 e. The van der Waals surface area contributed by atoms with Gasteiger partial charge in [0.1, 0.15) is 0 Å². The SMILES string of the molecule is CCCCCCCC(O)COCCOCCOCCOCCOCCO. The highest BCUT2D eigenvalue weighted by Crippen LogP contribution is 2.07. The maximum Gasteiger partial charge on any atom is 0.0773 e. The maximum absolute atomic E-state index is 9.79. The number of hydrogen-bond donors (Lipinski definition) is 2. The van der Waals surface area contributed by atoms with Gasteiger partial charge in [0.2, 0.25) is 0 Å². The van der Waals surface area contributed by atoms with Crippen molar-refractivity contribution in [2.24, 2.45) is 0 Å². The first-order chi connectivity index (χ1) is 12.8. The van der Waals surface area contributed by atoms with Gasteiger partial charge in [-0.25, -0.2) is 0 Å². The first-order valence-electron chi connectivity index (χ1n) is 9.98. The van der Waals surface area contributed by atoms with Crippen LogP contribution in [0.1, 0.15) is 45.4 Å². The molecule has 0 radical (unpaired) electrons. The minimum absolute atomic E-state index is 0.0356. The molecule has 0 aliphatic rings. The third-order valence-corrected chi connectivity index (χ3v) is 3.67. The molecule has 2 N–H and O–H groups in total. The van der Waals surface area contributed by atoms with Crippen molar-refractivity contribution >= 4 is 0 Å². The predicted octanol–water partition coefficient (Wildman–Crippen LogP) is 1.78. The van der Waals surface area contributed by atoms with Crippen LogP contribution in [0.3, 0.4) is 0 Å². The lowest BCUT2D eigenvalue weighted by atomic mass is 10.1. The molecule has 0 aromatic heterocycles. The summed E-state index contributed by atoms with van der Waals surface area (Å²) in [5, 5.41) is 18.3. The summed E-state index contributed by atoms with van der Waals surface area (Å²) < 4.78 is 26.5. The summed E-state index contributed by atoms with van der Waals surface area (Å²) in [6, 6.07) is 0. The fourth-order valence-electron chi connectivity index (χ4n) is 2.23. The van der Waals surface area contributed by atoms with Gasteiger partial charge in [-0.05, 0) is 6.42 Å². The zero-order valence-corrected chi connectivity index (χ0v) is 16.5. The second-order valence-corrected chi connectivity index (χ2v) is 6.10. The van der Waals surface area contributed by atoms with E-state index in [0.717, 1.165) is 12.8 Å². The van der Waals surface area contributed by atoms with Crippen LogP contribution < -0.4 is 0 Å². The summed E-state index contributed by atoms with van der Waals surface area (Å²) in [6.07, 6.45) is 6.48. The molecular weight excluding hydrogens is 340 g/mol. The van der Waals surface area contributed by atoms with Gasteiger partial charge in [0.25, 0.3) is 0 Å². The lowest BCUT2D eigenvalue weighted by molar-refractivity contribution is -0.0229. The summed E-state index contributed by atoms with van der Waals surface area (Å²) in [4.78, 5) is 0. The van der Waals surface area contributed by atoms with Gasteiger partial charge in [0.05, 0.1) is 78.8 Å². The van der Waals surface area contributed by atoms with Gasteiger partial charge in [-0.3, -0.25) is 0 Å². The van der Waals surface area contributed by atoms with Gasteiger partial charge in [-0.1, -0.05) is 39.0 Å². The van der Waals surface area contributed by atoms with Crippen molar-refractivity contribution in [1.29, 1.82) is 0 Å². The second-order valence-electron chi connectivity index (χ2n) is 6.10. The van der Waals surface area contributed by atoms with E-state index in [4.69, 9.17) is 28.8 Å². The molecule has 158 valence electrons. The van der Waals surface area contributed by atoms with Gasteiger partial charge < -0.3 is 33.9 Å². The molecule has 0 aromatic rings. The first kappa shape index (κ1) is 25.7. The summed E-state index contributed by atoms with van der Waals surface area (Å²) in [5.74, 6) is 0. The molecule has 0 saturated carbocycles. The van der Waals surface area contributed by atoms with E-state index >= 15 is 0 Å². The van der Waals surface area contributed by atoms with Crippen LogP contribution in [-0.4, -0.2) is 89.0 Å². The smallest absolute Gasteiger partial charge is 0.0773 e. The number of aliphatic hydroxyl groups is 2. The van der Waals surface area contributed by atoms with E-state index in [-0.39, 0.29) is 12.7 Å². The molecule has 0 bridgehead atoms.